The highest BCUT2D eigenvalue weighted by molar-refractivity contribution is 5.74. The normalized spacial score (nSPS) is 30.4. The van der Waals surface area contributed by atoms with Crippen molar-refractivity contribution in [1.82, 2.24) is 10.2 Å². The van der Waals surface area contributed by atoms with Crippen LogP contribution in [0.2, 0.25) is 0 Å². The molecule has 16 heavy (non-hydrogen) atoms. The number of nitrogens with one attached hydrogen (secondary N) is 1. The number of amides is 2. The standard InChI is InChI=1S/C12H23N3O/c13-11-6-4-5-10(11)9-14-12(16)15-7-2-1-3-8-15/h10-11H,1-9,13H2,(H,14,16). The number of carbonyl (C=O) groups excluding carboxylic acids is 1. The molecule has 0 bridgehead atoms. The van der Waals surface area contributed by atoms with Crippen LogP contribution >= 0.6 is 0 Å². The number of hydrogen-bond donors (Lipinski definition) is 2. The molecule has 0 aromatic rings. The molecule has 4 nitrogen and oxygen atoms in total. The summed E-state index contributed by atoms with van der Waals surface area (Å²) in [5, 5.41) is 3.03. The van der Waals surface area contributed by atoms with Crippen LogP contribution in [-0.4, -0.2) is 36.6 Å². The van der Waals surface area contributed by atoms with Crippen molar-refractivity contribution in [2.24, 2.45) is 11.7 Å². The Bertz CT molecular complexity index is 238. The second-order valence-electron chi connectivity index (χ2n) is 5.09. The summed E-state index contributed by atoms with van der Waals surface area (Å²) in [4.78, 5) is 13.8. The van der Waals surface area contributed by atoms with Crippen LogP contribution in [-0.2, 0) is 0 Å². The van der Waals surface area contributed by atoms with E-state index in [2.05, 4.69) is 5.32 Å². The smallest absolute Gasteiger partial charge is 0.317 e. The number of nitrogens with two attached hydrogens (primary N) is 1. The zero-order chi connectivity index (χ0) is 11.4. The molecule has 3 N–H and O–H groups in total. The van der Waals surface area contributed by atoms with E-state index in [-0.39, 0.29) is 6.03 Å². The second-order valence-corrected chi connectivity index (χ2v) is 5.09. The summed E-state index contributed by atoms with van der Waals surface area (Å²) in [6, 6.07) is 0.403. The Balaban J connectivity index is 1.70. The first-order chi connectivity index (χ1) is 7.77. The van der Waals surface area contributed by atoms with E-state index in [1.807, 2.05) is 4.90 Å². The highest BCUT2D eigenvalue weighted by Crippen LogP contribution is 2.23. The number of piperidine rings is 1. The van der Waals surface area contributed by atoms with Gasteiger partial charge >= 0.3 is 6.03 Å². The van der Waals surface area contributed by atoms with Gasteiger partial charge < -0.3 is 16.0 Å². The van der Waals surface area contributed by atoms with E-state index in [1.54, 1.807) is 0 Å². The summed E-state index contributed by atoms with van der Waals surface area (Å²) in [6.07, 6.45) is 7.06. The van der Waals surface area contributed by atoms with Gasteiger partial charge in [0.05, 0.1) is 0 Å². The Hall–Kier alpha value is -0.770. The third-order valence-corrected chi connectivity index (χ3v) is 3.88. The summed E-state index contributed by atoms with van der Waals surface area (Å²) in [7, 11) is 0. The van der Waals surface area contributed by atoms with Gasteiger partial charge in [-0.15, -0.1) is 0 Å². The Morgan fingerprint density at radius 1 is 1.19 bits per heavy atom. The van der Waals surface area contributed by atoms with Gasteiger partial charge in [-0.2, -0.15) is 0 Å². The van der Waals surface area contributed by atoms with E-state index in [9.17, 15) is 4.79 Å². The van der Waals surface area contributed by atoms with Gasteiger partial charge in [0.25, 0.3) is 0 Å². The van der Waals surface area contributed by atoms with Crippen LogP contribution < -0.4 is 11.1 Å². The lowest BCUT2D eigenvalue weighted by molar-refractivity contribution is 0.184. The van der Waals surface area contributed by atoms with Crippen molar-refractivity contribution in [3.05, 3.63) is 0 Å². The van der Waals surface area contributed by atoms with E-state index in [0.29, 0.717) is 12.0 Å². The van der Waals surface area contributed by atoms with Crippen molar-refractivity contribution in [1.29, 1.82) is 0 Å². The molecular formula is C12H23N3O. The molecule has 1 aliphatic carbocycles. The second kappa shape index (κ2) is 5.53. The summed E-state index contributed by atoms with van der Waals surface area (Å²) in [5.41, 5.74) is 5.98. The molecule has 4 heteroatoms. The van der Waals surface area contributed by atoms with E-state index in [1.165, 1.54) is 19.3 Å². The summed E-state index contributed by atoms with van der Waals surface area (Å²) in [5.74, 6) is 0.494. The Morgan fingerprint density at radius 2 is 1.94 bits per heavy atom. The molecule has 2 atom stereocenters. The third-order valence-electron chi connectivity index (χ3n) is 3.88. The van der Waals surface area contributed by atoms with Gasteiger partial charge in [0.15, 0.2) is 0 Å². The van der Waals surface area contributed by atoms with Crippen LogP contribution in [0.5, 0.6) is 0 Å². The molecule has 2 aliphatic rings. The molecule has 2 rings (SSSR count). The topological polar surface area (TPSA) is 58.4 Å². The van der Waals surface area contributed by atoms with Crippen molar-refractivity contribution in [3.63, 3.8) is 0 Å². The number of nitrogens with zero attached hydrogens (tertiary/aromatic N) is 1. The number of likely N-dealkylation sites (tertiary alicyclic amines) is 1. The fraction of sp³-hybridized carbons (Fsp3) is 0.917. The van der Waals surface area contributed by atoms with E-state index < -0.39 is 0 Å². The number of rotatable bonds is 2. The maximum Gasteiger partial charge on any atom is 0.317 e. The SMILES string of the molecule is NC1CCCC1CNC(=O)N1CCCCC1. The summed E-state index contributed by atoms with van der Waals surface area (Å²) in [6.45, 7) is 2.60. The number of urea groups is 1. The lowest BCUT2D eigenvalue weighted by Crippen LogP contribution is -2.45. The lowest BCUT2D eigenvalue weighted by Gasteiger charge is -2.27. The first kappa shape index (κ1) is 11.7. The van der Waals surface area contributed by atoms with Crippen LogP contribution in [0.25, 0.3) is 0 Å². The van der Waals surface area contributed by atoms with Gasteiger partial charge in [0.2, 0.25) is 0 Å². The maximum atomic E-state index is 11.8. The van der Waals surface area contributed by atoms with Gasteiger partial charge in [-0.3, -0.25) is 0 Å². The quantitative estimate of drug-likeness (QED) is 0.744. The molecule has 2 amide bonds. The van der Waals surface area contributed by atoms with Crippen LogP contribution in [0.15, 0.2) is 0 Å². The Kier molecular flexibility index (Phi) is 4.04. The minimum Gasteiger partial charge on any atom is -0.338 e. The lowest BCUT2D eigenvalue weighted by atomic mass is 10.1. The average Bonchev–Trinajstić information content (AvgIpc) is 2.73. The molecule has 1 heterocycles. The predicted octanol–water partition coefficient (Wildman–Crippen LogP) is 1.31. The molecule has 2 unspecified atom stereocenters. The monoisotopic (exact) mass is 225 g/mol. The number of hydrogen-bond acceptors (Lipinski definition) is 2. The molecule has 1 saturated heterocycles. The van der Waals surface area contributed by atoms with Gasteiger partial charge in [0.1, 0.15) is 0 Å². The Morgan fingerprint density at radius 3 is 2.56 bits per heavy atom. The van der Waals surface area contributed by atoms with Crippen molar-refractivity contribution in [2.45, 2.75) is 44.6 Å². The maximum absolute atomic E-state index is 11.8. The van der Waals surface area contributed by atoms with Gasteiger partial charge in [0, 0.05) is 25.7 Å². The molecule has 0 aromatic heterocycles. The molecular weight excluding hydrogens is 202 g/mol. The fourth-order valence-corrected chi connectivity index (χ4v) is 2.75. The van der Waals surface area contributed by atoms with Crippen molar-refractivity contribution in [2.75, 3.05) is 19.6 Å². The zero-order valence-electron chi connectivity index (χ0n) is 9.95. The summed E-state index contributed by atoms with van der Waals surface area (Å²) < 4.78 is 0. The first-order valence-corrected chi connectivity index (χ1v) is 6.56. The fourth-order valence-electron chi connectivity index (χ4n) is 2.75. The summed E-state index contributed by atoms with van der Waals surface area (Å²) >= 11 is 0. The number of carbonyl (C=O) groups is 1. The molecule has 0 spiro atoms. The van der Waals surface area contributed by atoms with Crippen LogP contribution in [0.3, 0.4) is 0 Å². The van der Waals surface area contributed by atoms with Crippen LogP contribution in [0.4, 0.5) is 4.79 Å². The Labute approximate surface area is 97.6 Å². The largest absolute Gasteiger partial charge is 0.338 e. The molecule has 0 aromatic carbocycles. The van der Waals surface area contributed by atoms with Gasteiger partial charge in [-0.1, -0.05) is 6.42 Å². The van der Waals surface area contributed by atoms with E-state index in [0.717, 1.165) is 38.9 Å². The predicted molar refractivity (Wildman–Crippen MR) is 64.1 cm³/mol. The van der Waals surface area contributed by atoms with Crippen LogP contribution in [0, 0.1) is 5.92 Å². The highest BCUT2D eigenvalue weighted by atomic mass is 16.2. The zero-order valence-corrected chi connectivity index (χ0v) is 9.95. The van der Waals surface area contributed by atoms with Gasteiger partial charge in [-0.25, -0.2) is 4.79 Å². The molecule has 1 aliphatic heterocycles. The van der Waals surface area contributed by atoms with Crippen molar-refractivity contribution < 1.29 is 4.79 Å². The van der Waals surface area contributed by atoms with E-state index >= 15 is 0 Å². The molecule has 92 valence electrons. The molecule has 2 fully saturated rings. The van der Waals surface area contributed by atoms with Crippen molar-refractivity contribution in [3.8, 4) is 0 Å². The van der Waals surface area contributed by atoms with Crippen molar-refractivity contribution >= 4 is 6.03 Å². The molecule has 1 saturated carbocycles. The first-order valence-electron chi connectivity index (χ1n) is 6.56. The average molecular weight is 225 g/mol. The molecule has 0 radical (unpaired) electrons. The highest BCUT2D eigenvalue weighted by Gasteiger charge is 2.25. The van der Waals surface area contributed by atoms with Crippen LogP contribution in [0.1, 0.15) is 38.5 Å². The third kappa shape index (κ3) is 2.88. The van der Waals surface area contributed by atoms with E-state index in [4.69, 9.17) is 5.73 Å². The van der Waals surface area contributed by atoms with Gasteiger partial charge in [-0.05, 0) is 38.0 Å². The minimum atomic E-state index is 0.110. The minimum absolute atomic E-state index is 0.110.